The lowest BCUT2D eigenvalue weighted by Gasteiger charge is -2.04. The van der Waals surface area contributed by atoms with Crippen molar-refractivity contribution < 1.29 is 13.6 Å². The number of rotatable bonds is 2. The number of aldehydes is 1. The van der Waals surface area contributed by atoms with Gasteiger partial charge in [-0.3, -0.25) is 4.79 Å². The molecule has 0 amide bonds. The van der Waals surface area contributed by atoms with E-state index in [-0.39, 0.29) is 0 Å². The highest BCUT2D eigenvalue weighted by Gasteiger charge is 2.09. The van der Waals surface area contributed by atoms with E-state index in [9.17, 15) is 13.6 Å². The van der Waals surface area contributed by atoms with Gasteiger partial charge in [-0.2, -0.15) is 0 Å². The van der Waals surface area contributed by atoms with Crippen LogP contribution in [0.25, 0.3) is 22.0 Å². The van der Waals surface area contributed by atoms with Gasteiger partial charge in [-0.05, 0) is 29.8 Å². The van der Waals surface area contributed by atoms with Crippen molar-refractivity contribution >= 4 is 17.2 Å². The average molecular weight is 257 g/mol. The zero-order valence-electron chi connectivity index (χ0n) is 9.78. The maximum Gasteiger partial charge on any atom is 0.152 e. The fraction of sp³-hybridized carbons (Fsp3) is 0. The molecule has 0 fully saturated rings. The summed E-state index contributed by atoms with van der Waals surface area (Å²) >= 11 is 0. The monoisotopic (exact) mass is 257 g/mol. The van der Waals surface area contributed by atoms with Crippen LogP contribution in [0, 0.1) is 11.6 Å². The van der Waals surface area contributed by atoms with Gasteiger partial charge in [0.15, 0.2) is 6.29 Å². The lowest BCUT2D eigenvalue weighted by Crippen LogP contribution is -1.86. The van der Waals surface area contributed by atoms with E-state index in [4.69, 9.17) is 0 Å². The Kier molecular flexibility index (Phi) is 2.63. The maximum atomic E-state index is 13.7. The fourth-order valence-electron chi connectivity index (χ4n) is 2.13. The first-order chi connectivity index (χ1) is 9.19. The average Bonchev–Trinajstić information content (AvgIpc) is 2.80. The van der Waals surface area contributed by atoms with E-state index < -0.39 is 11.6 Å². The third-order valence-corrected chi connectivity index (χ3v) is 3.08. The highest BCUT2D eigenvalue weighted by Crippen LogP contribution is 2.28. The Morgan fingerprint density at radius 1 is 1.05 bits per heavy atom. The number of H-pyrrole nitrogens is 1. The number of aromatic nitrogens is 1. The summed E-state index contributed by atoms with van der Waals surface area (Å²) in [7, 11) is 0. The van der Waals surface area contributed by atoms with E-state index in [0.717, 1.165) is 23.3 Å². The Labute approximate surface area is 107 Å². The molecule has 1 N–H and O–H groups in total. The molecule has 2 nitrogen and oxygen atoms in total. The van der Waals surface area contributed by atoms with Gasteiger partial charge < -0.3 is 4.98 Å². The molecule has 4 heteroatoms. The quantitative estimate of drug-likeness (QED) is 0.693. The van der Waals surface area contributed by atoms with Crippen LogP contribution in [-0.2, 0) is 0 Å². The number of carbonyl (C=O) groups is 1. The van der Waals surface area contributed by atoms with Crippen LogP contribution in [0.5, 0.6) is 0 Å². The lowest BCUT2D eigenvalue weighted by molar-refractivity contribution is 0.112. The van der Waals surface area contributed by atoms with Crippen LogP contribution in [0.4, 0.5) is 8.78 Å². The number of hydrogen-bond acceptors (Lipinski definition) is 1. The van der Waals surface area contributed by atoms with Crippen LogP contribution < -0.4 is 0 Å². The molecule has 3 rings (SSSR count). The molecule has 0 radical (unpaired) electrons. The molecule has 94 valence electrons. The Hall–Kier alpha value is -2.49. The second-order valence-electron chi connectivity index (χ2n) is 4.25. The smallest absolute Gasteiger partial charge is 0.152 e. The molecule has 0 saturated heterocycles. The van der Waals surface area contributed by atoms with Crippen LogP contribution in [0.3, 0.4) is 0 Å². The Balaban J connectivity index is 2.22. The summed E-state index contributed by atoms with van der Waals surface area (Å²) in [5, 5.41) is 0.719. The summed E-state index contributed by atoms with van der Waals surface area (Å²) in [6.45, 7) is 0. The Morgan fingerprint density at radius 2 is 1.89 bits per heavy atom. The van der Waals surface area contributed by atoms with Crippen molar-refractivity contribution in [1.82, 2.24) is 4.98 Å². The van der Waals surface area contributed by atoms with Crippen molar-refractivity contribution in [3.63, 3.8) is 0 Å². The molecule has 0 unspecified atom stereocenters. The molecule has 1 heterocycles. The van der Waals surface area contributed by atoms with Gasteiger partial charge in [-0.1, -0.05) is 6.07 Å². The first kappa shape index (κ1) is 11.6. The molecule has 0 aliphatic heterocycles. The second kappa shape index (κ2) is 4.31. The zero-order valence-corrected chi connectivity index (χ0v) is 9.78. The van der Waals surface area contributed by atoms with Gasteiger partial charge >= 0.3 is 0 Å². The molecule has 0 spiro atoms. The zero-order chi connectivity index (χ0) is 13.4. The standard InChI is InChI=1S/C15H9F2NO/c16-11-2-3-12(14(17)6-11)9-1-4-15-13(5-9)10(8-19)7-18-15/h1-8,18H. The second-order valence-corrected chi connectivity index (χ2v) is 4.25. The number of halogens is 2. The number of carbonyl (C=O) groups excluding carboxylic acids is 1. The van der Waals surface area contributed by atoms with Crippen LogP contribution in [0.2, 0.25) is 0 Å². The predicted molar refractivity (Wildman–Crippen MR) is 69.0 cm³/mol. The molecular weight excluding hydrogens is 248 g/mol. The Morgan fingerprint density at radius 3 is 2.63 bits per heavy atom. The SMILES string of the molecule is O=Cc1c[nH]c2ccc(-c3ccc(F)cc3F)cc12. The summed E-state index contributed by atoms with van der Waals surface area (Å²) in [5.41, 5.74) is 2.22. The minimum atomic E-state index is -0.623. The molecule has 0 aliphatic carbocycles. The molecule has 2 aromatic carbocycles. The highest BCUT2D eigenvalue weighted by molar-refractivity contribution is 5.99. The van der Waals surface area contributed by atoms with Gasteiger partial charge in [-0.25, -0.2) is 8.78 Å². The molecule has 0 aliphatic rings. The molecule has 3 aromatic rings. The number of hydrogen-bond donors (Lipinski definition) is 1. The van der Waals surface area contributed by atoms with E-state index in [1.54, 1.807) is 24.4 Å². The number of nitrogens with one attached hydrogen (secondary N) is 1. The fourth-order valence-corrected chi connectivity index (χ4v) is 2.13. The summed E-state index contributed by atoms with van der Waals surface area (Å²) in [6.07, 6.45) is 2.34. The number of aromatic amines is 1. The highest BCUT2D eigenvalue weighted by atomic mass is 19.1. The van der Waals surface area contributed by atoms with E-state index in [1.807, 2.05) is 0 Å². The molecule has 0 saturated carbocycles. The molecule has 19 heavy (non-hydrogen) atoms. The van der Waals surface area contributed by atoms with Crippen molar-refractivity contribution in [2.45, 2.75) is 0 Å². The summed E-state index contributed by atoms with van der Waals surface area (Å²) in [6, 6.07) is 8.65. The minimum Gasteiger partial charge on any atom is -0.360 e. The molecule has 0 bridgehead atoms. The van der Waals surface area contributed by atoms with E-state index in [0.29, 0.717) is 16.7 Å². The van der Waals surface area contributed by atoms with E-state index >= 15 is 0 Å². The summed E-state index contributed by atoms with van der Waals surface area (Å²) in [4.78, 5) is 13.9. The van der Waals surface area contributed by atoms with Gasteiger partial charge in [0, 0.05) is 34.3 Å². The summed E-state index contributed by atoms with van der Waals surface area (Å²) < 4.78 is 26.6. The van der Waals surface area contributed by atoms with Crippen molar-refractivity contribution in [2.24, 2.45) is 0 Å². The van der Waals surface area contributed by atoms with Gasteiger partial charge in [0.2, 0.25) is 0 Å². The van der Waals surface area contributed by atoms with Gasteiger partial charge in [0.25, 0.3) is 0 Å². The van der Waals surface area contributed by atoms with Crippen molar-refractivity contribution in [1.29, 1.82) is 0 Å². The van der Waals surface area contributed by atoms with Crippen LogP contribution in [0.15, 0.2) is 42.6 Å². The lowest BCUT2D eigenvalue weighted by atomic mass is 10.0. The third kappa shape index (κ3) is 1.91. The van der Waals surface area contributed by atoms with Crippen LogP contribution >= 0.6 is 0 Å². The molecule has 1 aromatic heterocycles. The number of fused-ring (bicyclic) bond motifs is 1. The van der Waals surface area contributed by atoms with Crippen LogP contribution in [0.1, 0.15) is 10.4 Å². The summed E-state index contributed by atoms with van der Waals surface area (Å²) in [5.74, 6) is -1.24. The predicted octanol–water partition coefficient (Wildman–Crippen LogP) is 3.93. The molecular formula is C15H9F2NO. The minimum absolute atomic E-state index is 0.307. The Bertz CT molecular complexity index is 777. The third-order valence-electron chi connectivity index (χ3n) is 3.08. The first-order valence-electron chi connectivity index (χ1n) is 5.71. The molecule has 0 atom stereocenters. The maximum absolute atomic E-state index is 13.7. The largest absolute Gasteiger partial charge is 0.360 e. The van der Waals surface area contributed by atoms with Gasteiger partial charge in [-0.15, -0.1) is 0 Å². The van der Waals surface area contributed by atoms with Crippen molar-refractivity contribution in [3.8, 4) is 11.1 Å². The topological polar surface area (TPSA) is 32.9 Å². The van der Waals surface area contributed by atoms with E-state index in [2.05, 4.69) is 4.98 Å². The van der Waals surface area contributed by atoms with Crippen molar-refractivity contribution in [3.05, 3.63) is 59.8 Å². The first-order valence-corrected chi connectivity index (χ1v) is 5.71. The number of benzene rings is 2. The van der Waals surface area contributed by atoms with Gasteiger partial charge in [0.05, 0.1) is 0 Å². The normalized spacial score (nSPS) is 10.8. The van der Waals surface area contributed by atoms with Gasteiger partial charge in [0.1, 0.15) is 11.6 Å². The van der Waals surface area contributed by atoms with Crippen molar-refractivity contribution in [2.75, 3.05) is 0 Å². The van der Waals surface area contributed by atoms with E-state index in [1.165, 1.54) is 12.1 Å². The van der Waals surface area contributed by atoms with Crippen LogP contribution in [-0.4, -0.2) is 11.3 Å².